The van der Waals surface area contributed by atoms with Gasteiger partial charge >= 0.3 is 0 Å². The molecule has 0 fully saturated rings. The zero-order valence-electron chi connectivity index (χ0n) is 20.7. The van der Waals surface area contributed by atoms with Gasteiger partial charge in [-0.1, -0.05) is 72.8 Å². The molecule has 37 heavy (non-hydrogen) atoms. The molecule has 0 aliphatic heterocycles. The van der Waals surface area contributed by atoms with Crippen LogP contribution in [0, 0.1) is 3.57 Å². The Balaban J connectivity index is 1.58. The number of hydrogen-bond acceptors (Lipinski definition) is 4. The van der Waals surface area contributed by atoms with Gasteiger partial charge in [0.05, 0.1) is 24.1 Å². The molecule has 0 unspecified atom stereocenters. The first-order chi connectivity index (χ1) is 18.0. The highest BCUT2D eigenvalue weighted by atomic mass is 127. The van der Waals surface area contributed by atoms with E-state index >= 15 is 0 Å². The summed E-state index contributed by atoms with van der Waals surface area (Å²) in [6, 6.07) is 34.0. The second-order valence-electron chi connectivity index (χ2n) is 8.76. The number of aryl methyl sites for hydroxylation is 1. The van der Waals surface area contributed by atoms with Crippen LogP contribution in [-0.4, -0.2) is 22.1 Å². The lowest BCUT2D eigenvalue weighted by molar-refractivity contribution is 0.414. The first-order valence-corrected chi connectivity index (χ1v) is 14.8. The Labute approximate surface area is 233 Å². The topological polar surface area (TPSA) is 67.4 Å². The first-order valence-electron chi connectivity index (χ1n) is 12.2. The lowest BCUT2D eigenvalue weighted by atomic mass is 9.94. The zero-order valence-corrected chi connectivity index (χ0v) is 23.7. The van der Waals surface area contributed by atoms with Crippen molar-refractivity contribution in [2.24, 2.45) is 0 Å². The van der Waals surface area contributed by atoms with Crippen molar-refractivity contribution in [3.05, 3.63) is 129 Å². The van der Waals surface area contributed by atoms with Crippen LogP contribution in [0.4, 0.5) is 0 Å². The maximum atomic E-state index is 13.5. The highest BCUT2D eigenvalue weighted by Gasteiger charge is 2.29. The average molecular weight is 627 g/mol. The summed E-state index contributed by atoms with van der Waals surface area (Å²) < 4.78 is 36.2. The Kier molecular flexibility index (Phi) is 9.74. The van der Waals surface area contributed by atoms with E-state index in [9.17, 15) is 8.42 Å². The van der Waals surface area contributed by atoms with Gasteiger partial charge in [-0.05, 0) is 95.1 Å². The van der Waals surface area contributed by atoms with Crippen LogP contribution in [0.15, 0.2) is 114 Å². The summed E-state index contributed by atoms with van der Waals surface area (Å²) in [5.74, 6) is 0.845. The maximum absolute atomic E-state index is 13.5. The van der Waals surface area contributed by atoms with E-state index in [1.807, 2.05) is 72.8 Å². The fraction of sp³-hybridized carbons (Fsp3) is 0.200. The fourth-order valence-electron chi connectivity index (χ4n) is 4.27. The molecule has 2 N–H and O–H groups in total. The monoisotopic (exact) mass is 626 g/mol. The molecule has 4 rings (SSSR count). The van der Waals surface area contributed by atoms with E-state index in [0.717, 1.165) is 39.8 Å². The highest BCUT2D eigenvalue weighted by molar-refractivity contribution is 14.1. The third kappa shape index (κ3) is 7.64. The minimum Gasteiger partial charge on any atom is -0.497 e. The summed E-state index contributed by atoms with van der Waals surface area (Å²) in [6.07, 6.45) is 1.81. The highest BCUT2D eigenvalue weighted by Crippen LogP contribution is 2.31. The number of methoxy groups -OCH3 is 1. The Morgan fingerprint density at radius 1 is 0.757 bits per heavy atom. The number of benzene rings is 4. The molecular formula is C30H31IN2O3S. The Morgan fingerprint density at radius 3 is 1.89 bits per heavy atom. The predicted octanol–water partition coefficient (Wildman–Crippen LogP) is 6.28. The molecule has 0 spiro atoms. The molecule has 0 heterocycles. The number of halogens is 1. The van der Waals surface area contributed by atoms with Gasteiger partial charge in [0.1, 0.15) is 5.75 Å². The normalized spacial score (nSPS) is 13.1. The van der Waals surface area contributed by atoms with Gasteiger partial charge in [0.2, 0.25) is 10.0 Å². The summed E-state index contributed by atoms with van der Waals surface area (Å²) >= 11 is 2.17. The van der Waals surface area contributed by atoms with Crippen LogP contribution in [-0.2, 0) is 16.4 Å². The van der Waals surface area contributed by atoms with E-state index in [1.165, 1.54) is 5.56 Å². The Morgan fingerprint density at radius 2 is 1.32 bits per heavy atom. The van der Waals surface area contributed by atoms with Gasteiger partial charge in [0.15, 0.2) is 0 Å². The molecule has 0 radical (unpaired) electrons. The minimum absolute atomic E-state index is 0.250. The van der Waals surface area contributed by atoms with Crippen molar-refractivity contribution in [2.75, 3.05) is 13.7 Å². The molecule has 5 nitrogen and oxygen atoms in total. The molecule has 0 saturated carbocycles. The SMILES string of the molecule is COc1ccc(CCCN[C@H](c2ccccc2)[C@H](NS(=O)(=O)c2ccc(I)cc2)c2ccccc2)cc1. The quantitative estimate of drug-likeness (QED) is 0.144. The largest absolute Gasteiger partial charge is 0.497 e. The molecule has 0 aliphatic rings. The second kappa shape index (κ2) is 13.2. The Bertz CT molecular complexity index is 1350. The van der Waals surface area contributed by atoms with Crippen LogP contribution < -0.4 is 14.8 Å². The van der Waals surface area contributed by atoms with Crippen LogP contribution in [0.5, 0.6) is 5.75 Å². The fourth-order valence-corrected chi connectivity index (χ4v) is 5.87. The number of rotatable bonds is 12. The van der Waals surface area contributed by atoms with E-state index in [2.05, 4.69) is 44.8 Å². The van der Waals surface area contributed by atoms with Crippen molar-refractivity contribution in [3.8, 4) is 5.75 Å². The van der Waals surface area contributed by atoms with Gasteiger partial charge in [0, 0.05) is 3.57 Å². The van der Waals surface area contributed by atoms with Gasteiger partial charge in [-0.3, -0.25) is 0 Å². The molecule has 0 bridgehead atoms. The van der Waals surface area contributed by atoms with Gasteiger partial charge in [-0.15, -0.1) is 0 Å². The van der Waals surface area contributed by atoms with Gasteiger partial charge in [-0.25, -0.2) is 13.1 Å². The van der Waals surface area contributed by atoms with Crippen molar-refractivity contribution in [1.29, 1.82) is 0 Å². The third-order valence-electron chi connectivity index (χ3n) is 6.22. The number of ether oxygens (including phenoxy) is 1. The molecule has 0 aromatic heterocycles. The molecular weight excluding hydrogens is 595 g/mol. The summed E-state index contributed by atoms with van der Waals surface area (Å²) in [5, 5.41) is 3.66. The van der Waals surface area contributed by atoms with Crippen LogP contribution in [0.25, 0.3) is 0 Å². The van der Waals surface area contributed by atoms with Crippen molar-refractivity contribution >= 4 is 32.6 Å². The molecule has 0 saturated heterocycles. The summed E-state index contributed by atoms with van der Waals surface area (Å²) in [7, 11) is -2.10. The van der Waals surface area contributed by atoms with Gasteiger partial charge in [-0.2, -0.15) is 0 Å². The van der Waals surface area contributed by atoms with Gasteiger partial charge < -0.3 is 10.1 Å². The molecule has 2 atom stereocenters. The van der Waals surface area contributed by atoms with Crippen LogP contribution in [0.1, 0.15) is 35.2 Å². The molecule has 7 heteroatoms. The predicted molar refractivity (Wildman–Crippen MR) is 157 cm³/mol. The van der Waals surface area contributed by atoms with Crippen LogP contribution >= 0.6 is 22.6 Å². The molecule has 0 amide bonds. The Hall–Kier alpha value is -2.72. The molecule has 4 aromatic rings. The smallest absolute Gasteiger partial charge is 0.241 e. The molecule has 192 valence electrons. The van der Waals surface area contributed by atoms with Crippen LogP contribution in [0.3, 0.4) is 0 Å². The summed E-state index contributed by atoms with van der Waals surface area (Å²) in [6.45, 7) is 0.722. The molecule has 4 aromatic carbocycles. The zero-order chi connectivity index (χ0) is 26.1. The average Bonchev–Trinajstić information content (AvgIpc) is 2.93. The minimum atomic E-state index is -3.76. The van der Waals surface area contributed by atoms with E-state index < -0.39 is 16.1 Å². The molecule has 0 aliphatic carbocycles. The summed E-state index contributed by atoms with van der Waals surface area (Å²) in [4.78, 5) is 0.250. The lowest BCUT2D eigenvalue weighted by Gasteiger charge is -2.30. The third-order valence-corrected chi connectivity index (χ3v) is 8.40. The van der Waals surface area contributed by atoms with Crippen molar-refractivity contribution < 1.29 is 13.2 Å². The van der Waals surface area contributed by atoms with E-state index in [4.69, 9.17) is 4.74 Å². The lowest BCUT2D eigenvalue weighted by Crippen LogP contribution is -2.39. The van der Waals surface area contributed by atoms with Crippen molar-refractivity contribution in [3.63, 3.8) is 0 Å². The standard InChI is InChI=1S/C30H31IN2O3S/c1-36-27-18-14-23(15-19-27)9-8-22-32-29(24-10-4-2-5-11-24)30(25-12-6-3-7-13-25)33-37(34,35)28-20-16-26(31)17-21-28/h2-7,10-21,29-30,32-33H,8-9,22H2,1H3/t29-,30-/m1/s1. The van der Waals surface area contributed by atoms with E-state index in [0.29, 0.717) is 0 Å². The van der Waals surface area contributed by atoms with Crippen LogP contribution in [0.2, 0.25) is 0 Å². The van der Waals surface area contributed by atoms with Gasteiger partial charge in [0.25, 0.3) is 0 Å². The second-order valence-corrected chi connectivity index (χ2v) is 11.7. The van der Waals surface area contributed by atoms with E-state index in [1.54, 1.807) is 31.4 Å². The summed E-state index contributed by atoms with van der Waals surface area (Å²) in [5.41, 5.74) is 3.15. The maximum Gasteiger partial charge on any atom is 0.241 e. The first kappa shape index (κ1) is 27.3. The number of sulfonamides is 1. The number of hydrogen-bond donors (Lipinski definition) is 2. The van der Waals surface area contributed by atoms with Crippen molar-refractivity contribution in [1.82, 2.24) is 10.0 Å². The van der Waals surface area contributed by atoms with E-state index in [-0.39, 0.29) is 10.9 Å². The number of nitrogens with one attached hydrogen (secondary N) is 2. The van der Waals surface area contributed by atoms with Crippen molar-refractivity contribution in [2.45, 2.75) is 29.8 Å².